The molecule has 0 atom stereocenters. The maximum atomic E-state index is 12.1. The molecule has 0 heterocycles. The molecule has 2 rings (SSSR count). The normalized spacial score (nSPS) is 10.9. The third-order valence-electron chi connectivity index (χ3n) is 3.62. The van der Waals surface area contributed by atoms with Gasteiger partial charge in [-0.05, 0) is 42.5 Å². The predicted octanol–water partition coefficient (Wildman–Crippen LogP) is 3.65. The predicted molar refractivity (Wildman–Crippen MR) is 92.5 cm³/mol. The van der Waals surface area contributed by atoms with Gasteiger partial charge in [-0.2, -0.15) is 5.26 Å². The summed E-state index contributed by atoms with van der Waals surface area (Å²) in [6, 6.07) is 19.8. The molecule has 0 saturated carbocycles. The van der Waals surface area contributed by atoms with Gasteiger partial charge in [-0.1, -0.05) is 54.6 Å². The van der Waals surface area contributed by atoms with Gasteiger partial charge in [-0.3, -0.25) is 4.79 Å². The smallest absolute Gasteiger partial charge is 0.261 e. The monoisotopic (exact) mass is 304 g/mol. The summed E-state index contributed by atoms with van der Waals surface area (Å²) in [6.45, 7) is 2.51. The van der Waals surface area contributed by atoms with E-state index >= 15 is 0 Å². The Balaban J connectivity index is 1.88. The SMILES string of the molecule is Cc1ccccc1/C=C(/C#N)C(=O)NCCCc1ccccc1. The summed E-state index contributed by atoms with van der Waals surface area (Å²) in [5.74, 6) is -0.316. The number of amides is 1. The molecule has 0 aliphatic heterocycles. The van der Waals surface area contributed by atoms with Crippen molar-refractivity contribution in [2.75, 3.05) is 6.54 Å². The van der Waals surface area contributed by atoms with Crippen LogP contribution in [0.1, 0.15) is 23.1 Å². The van der Waals surface area contributed by atoms with E-state index < -0.39 is 0 Å². The highest BCUT2D eigenvalue weighted by Crippen LogP contribution is 2.12. The Labute approximate surface area is 137 Å². The lowest BCUT2D eigenvalue weighted by atomic mass is 10.1. The Hall–Kier alpha value is -2.86. The summed E-state index contributed by atoms with van der Waals surface area (Å²) in [5.41, 5.74) is 3.32. The number of carbonyl (C=O) groups excluding carboxylic acids is 1. The summed E-state index contributed by atoms with van der Waals surface area (Å²) in [7, 11) is 0. The van der Waals surface area contributed by atoms with Crippen molar-refractivity contribution in [2.24, 2.45) is 0 Å². The van der Waals surface area contributed by atoms with Crippen molar-refractivity contribution in [3.63, 3.8) is 0 Å². The fraction of sp³-hybridized carbons (Fsp3) is 0.200. The summed E-state index contributed by atoms with van der Waals surface area (Å²) in [4.78, 5) is 12.1. The number of nitriles is 1. The minimum Gasteiger partial charge on any atom is -0.351 e. The molecule has 3 heteroatoms. The van der Waals surface area contributed by atoms with E-state index in [1.165, 1.54) is 5.56 Å². The Morgan fingerprint density at radius 2 is 1.83 bits per heavy atom. The Morgan fingerprint density at radius 1 is 1.13 bits per heavy atom. The first-order valence-electron chi connectivity index (χ1n) is 7.70. The van der Waals surface area contributed by atoms with Crippen molar-refractivity contribution in [3.05, 3.63) is 76.9 Å². The topological polar surface area (TPSA) is 52.9 Å². The molecular formula is C20H20N2O. The number of nitrogens with zero attached hydrogens (tertiary/aromatic N) is 1. The fourth-order valence-electron chi connectivity index (χ4n) is 2.29. The first-order valence-corrected chi connectivity index (χ1v) is 7.70. The van der Waals surface area contributed by atoms with Crippen LogP contribution in [0, 0.1) is 18.3 Å². The maximum Gasteiger partial charge on any atom is 0.261 e. The number of carbonyl (C=O) groups is 1. The van der Waals surface area contributed by atoms with E-state index in [0.717, 1.165) is 24.0 Å². The molecular weight excluding hydrogens is 284 g/mol. The van der Waals surface area contributed by atoms with Gasteiger partial charge >= 0.3 is 0 Å². The van der Waals surface area contributed by atoms with Gasteiger partial charge in [0.15, 0.2) is 0 Å². The zero-order valence-corrected chi connectivity index (χ0v) is 13.3. The van der Waals surface area contributed by atoms with Gasteiger partial charge in [0, 0.05) is 6.54 Å². The van der Waals surface area contributed by atoms with Crippen molar-refractivity contribution >= 4 is 12.0 Å². The van der Waals surface area contributed by atoms with Crippen LogP contribution in [-0.2, 0) is 11.2 Å². The molecule has 116 valence electrons. The van der Waals surface area contributed by atoms with E-state index in [1.807, 2.05) is 55.5 Å². The van der Waals surface area contributed by atoms with E-state index in [1.54, 1.807) is 6.08 Å². The molecule has 0 aliphatic rings. The van der Waals surface area contributed by atoms with Crippen molar-refractivity contribution in [3.8, 4) is 6.07 Å². The summed E-state index contributed by atoms with van der Waals surface area (Å²) >= 11 is 0. The highest BCUT2D eigenvalue weighted by atomic mass is 16.1. The molecule has 0 fully saturated rings. The van der Waals surface area contributed by atoms with Crippen molar-refractivity contribution in [2.45, 2.75) is 19.8 Å². The van der Waals surface area contributed by atoms with E-state index in [-0.39, 0.29) is 11.5 Å². The molecule has 1 N–H and O–H groups in total. The summed E-state index contributed by atoms with van der Waals surface area (Å²) < 4.78 is 0. The third-order valence-corrected chi connectivity index (χ3v) is 3.62. The summed E-state index contributed by atoms with van der Waals surface area (Å²) in [6.07, 6.45) is 3.39. The molecule has 0 radical (unpaired) electrons. The van der Waals surface area contributed by atoms with Crippen LogP contribution in [0.2, 0.25) is 0 Å². The molecule has 2 aromatic rings. The lowest BCUT2D eigenvalue weighted by Crippen LogP contribution is -2.25. The largest absolute Gasteiger partial charge is 0.351 e. The number of aryl methyl sites for hydroxylation is 2. The lowest BCUT2D eigenvalue weighted by molar-refractivity contribution is -0.117. The lowest BCUT2D eigenvalue weighted by Gasteiger charge is -2.05. The van der Waals surface area contributed by atoms with Crippen LogP contribution >= 0.6 is 0 Å². The van der Waals surface area contributed by atoms with Crippen LogP contribution in [0.3, 0.4) is 0 Å². The number of hydrogen-bond acceptors (Lipinski definition) is 2. The quantitative estimate of drug-likeness (QED) is 0.503. The van der Waals surface area contributed by atoms with Crippen LogP contribution in [0.5, 0.6) is 0 Å². The van der Waals surface area contributed by atoms with Crippen molar-refractivity contribution in [1.82, 2.24) is 5.32 Å². The molecule has 0 spiro atoms. The van der Waals surface area contributed by atoms with E-state index in [2.05, 4.69) is 17.4 Å². The minimum absolute atomic E-state index is 0.138. The molecule has 0 aliphatic carbocycles. The molecule has 0 bridgehead atoms. The van der Waals surface area contributed by atoms with Crippen molar-refractivity contribution in [1.29, 1.82) is 5.26 Å². The standard InChI is InChI=1S/C20H20N2O/c1-16-8-5-6-12-18(16)14-19(15-21)20(23)22-13-7-11-17-9-3-2-4-10-17/h2-6,8-10,12,14H,7,11,13H2,1H3,(H,22,23)/b19-14-. The molecule has 23 heavy (non-hydrogen) atoms. The second-order valence-electron chi connectivity index (χ2n) is 5.37. The number of rotatable bonds is 6. The van der Waals surface area contributed by atoms with Gasteiger partial charge in [0.05, 0.1) is 0 Å². The Bertz CT molecular complexity index is 727. The molecule has 1 amide bonds. The molecule has 0 saturated heterocycles. The van der Waals surface area contributed by atoms with Crippen LogP contribution < -0.4 is 5.32 Å². The first kappa shape index (κ1) is 16.5. The highest BCUT2D eigenvalue weighted by Gasteiger charge is 2.08. The van der Waals surface area contributed by atoms with Gasteiger partial charge in [0.2, 0.25) is 0 Å². The Kier molecular flexibility index (Phi) is 6.14. The zero-order chi connectivity index (χ0) is 16.5. The van der Waals surface area contributed by atoms with Crippen LogP contribution in [0.15, 0.2) is 60.2 Å². The average Bonchev–Trinajstić information content (AvgIpc) is 2.59. The van der Waals surface area contributed by atoms with Crippen molar-refractivity contribution < 1.29 is 4.79 Å². The van der Waals surface area contributed by atoms with Crippen LogP contribution in [0.25, 0.3) is 6.08 Å². The first-order chi connectivity index (χ1) is 11.2. The Morgan fingerprint density at radius 3 is 2.52 bits per heavy atom. The molecule has 0 aromatic heterocycles. The molecule has 2 aromatic carbocycles. The van der Waals surface area contributed by atoms with E-state index in [0.29, 0.717) is 6.54 Å². The van der Waals surface area contributed by atoms with Gasteiger partial charge in [-0.15, -0.1) is 0 Å². The maximum absolute atomic E-state index is 12.1. The fourth-order valence-corrected chi connectivity index (χ4v) is 2.29. The van der Waals surface area contributed by atoms with Crippen LogP contribution in [-0.4, -0.2) is 12.5 Å². The summed E-state index contributed by atoms with van der Waals surface area (Å²) in [5, 5.41) is 12.0. The van der Waals surface area contributed by atoms with Gasteiger partial charge in [0.1, 0.15) is 11.6 Å². The van der Waals surface area contributed by atoms with Crippen LogP contribution in [0.4, 0.5) is 0 Å². The second-order valence-corrected chi connectivity index (χ2v) is 5.37. The third kappa shape index (κ3) is 5.12. The molecule has 0 unspecified atom stereocenters. The number of hydrogen-bond donors (Lipinski definition) is 1. The number of nitrogens with one attached hydrogen (secondary N) is 1. The zero-order valence-electron chi connectivity index (χ0n) is 13.3. The molecule has 3 nitrogen and oxygen atoms in total. The minimum atomic E-state index is -0.316. The van der Waals surface area contributed by atoms with E-state index in [4.69, 9.17) is 0 Å². The van der Waals surface area contributed by atoms with Gasteiger partial charge in [0.25, 0.3) is 5.91 Å². The number of benzene rings is 2. The second kappa shape index (κ2) is 8.55. The average molecular weight is 304 g/mol. The van der Waals surface area contributed by atoms with E-state index in [9.17, 15) is 10.1 Å². The van der Waals surface area contributed by atoms with Gasteiger partial charge < -0.3 is 5.32 Å². The highest BCUT2D eigenvalue weighted by molar-refractivity contribution is 6.01. The van der Waals surface area contributed by atoms with Gasteiger partial charge in [-0.25, -0.2) is 0 Å².